The van der Waals surface area contributed by atoms with Gasteiger partial charge in [0.05, 0.1) is 0 Å². The first-order chi connectivity index (χ1) is 15.0. The van der Waals surface area contributed by atoms with Gasteiger partial charge in [-0.1, -0.05) is 12.1 Å². The van der Waals surface area contributed by atoms with E-state index in [0.29, 0.717) is 24.6 Å². The van der Waals surface area contributed by atoms with Gasteiger partial charge in [-0.05, 0) is 55.5 Å². The molecule has 0 aromatic heterocycles. The second-order valence-corrected chi connectivity index (χ2v) is 9.54. The summed E-state index contributed by atoms with van der Waals surface area (Å²) in [6, 6.07) is 5.71. The van der Waals surface area contributed by atoms with Gasteiger partial charge in [-0.25, -0.2) is 0 Å². The highest BCUT2D eigenvalue weighted by molar-refractivity contribution is 6.05. The predicted molar refractivity (Wildman–Crippen MR) is 115 cm³/mol. The average molecular weight is 426 g/mol. The fraction of sp³-hybridized carbons (Fsp3) is 0.609. The van der Waals surface area contributed by atoms with Crippen LogP contribution in [0.3, 0.4) is 0 Å². The largest absolute Gasteiger partial charge is 0.325 e. The fourth-order valence-electron chi connectivity index (χ4n) is 5.49. The molecule has 4 aliphatic heterocycles. The maximum atomic E-state index is 13.0. The molecule has 1 atom stereocenters. The Hall–Kier alpha value is -2.29. The third-order valence-corrected chi connectivity index (χ3v) is 7.28. The molecular formula is C23H31N5O3. The van der Waals surface area contributed by atoms with Crippen LogP contribution in [-0.2, 0) is 22.7 Å². The van der Waals surface area contributed by atoms with E-state index in [1.165, 1.54) is 18.4 Å². The number of hydrogen-bond donors (Lipinski definition) is 2. The van der Waals surface area contributed by atoms with E-state index in [2.05, 4.69) is 21.2 Å². The van der Waals surface area contributed by atoms with Crippen molar-refractivity contribution >= 4 is 17.7 Å². The molecule has 31 heavy (non-hydrogen) atoms. The van der Waals surface area contributed by atoms with Crippen LogP contribution >= 0.6 is 0 Å². The molecule has 8 nitrogen and oxygen atoms in total. The predicted octanol–water partition coefficient (Wildman–Crippen LogP) is 0.303. The Balaban J connectivity index is 1.21. The van der Waals surface area contributed by atoms with Crippen LogP contribution in [0.4, 0.5) is 0 Å². The normalized spacial score (nSPS) is 26.2. The Bertz CT molecular complexity index is 889. The second kappa shape index (κ2) is 8.33. The molecule has 3 fully saturated rings. The highest BCUT2D eigenvalue weighted by Gasteiger charge is 2.40. The number of hydrogen-bond acceptors (Lipinski definition) is 6. The summed E-state index contributed by atoms with van der Waals surface area (Å²) < 4.78 is 0. The zero-order valence-corrected chi connectivity index (χ0v) is 17.9. The maximum Gasteiger partial charge on any atom is 0.255 e. The molecule has 3 saturated heterocycles. The van der Waals surface area contributed by atoms with E-state index < -0.39 is 6.04 Å². The van der Waals surface area contributed by atoms with E-state index in [1.807, 2.05) is 12.1 Å². The number of piperidine rings is 2. The summed E-state index contributed by atoms with van der Waals surface area (Å²) in [4.78, 5) is 43.4. The van der Waals surface area contributed by atoms with E-state index in [0.717, 1.165) is 50.7 Å². The van der Waals surface area contributed by atoms with Crippen molar-refractivity contribution in [2.75, 3.05) is 32.7 Å². The minimum atomic E-state index is -0.559. The number of nitrogens with one attached hydrogen (secondary N) is 1. The van der Waals surface area contributed by atoms with Crippen molar-refractivity contribution in [3.8, 4) is 0 Å². The molecule has 5 rings (SSSR count). The molecule has 8 heteroatoms. The Labute approximate surface area is 182 Å². The number of carbonyl (C=O) groups is 3. The molecule has 1 unspecified atom stereocenters. The summed E-state index contributed by atoms with van der Waals surface area (Å²) in [5.74, 6) is 0.0308. The van der Waals surface area contributed by atoms with Crippen LogP contribution in [-0.4, -0.2) is 77.2 Å². The smallest absolute Gasteiger partial charge is 0.255 e. The van der Waals surface area contributed by atoms with Gasteiger partial charge in [0.25, 0.3) is 5.91 Å². The van der Waals surface area contributed by atoms with Crippen LogP contribution in [0.15, 0.2) is 18.2 Å². The SMILES string of the molecule is NC1CN(CC2CCN(Cc3cccc4c3CN(C3CCC(=O)NC3=O)C4=O)CC2)C1. The van der Waals surface area contributed by atoms with Gasteiger partial charge in [-0.15, -0.1) is 0 Å². The van der Waals surface area contributed by atoms with Crippen molar-refractivity contribution in [1.29, 1.82) is 0 Å². The van der Waals surface area contributed by atoms with Gasteiger partial charge in [-0.2, -0.15) is 0 Å². The van der Waals surface area contributed by atoms with Gasteiger partial charge in [-0.3, -0.25) is 29.5 Å². The number of benzene rings is 1. The number of carbonyl (C=O) groups excluding carboxylic acids is 3. The minimum absolute atomic E-state index is 0.0992. The molecule has 3 N–H and O–H groups in total. The summed E-state index contributed by atoms with van der Waals surface area (Å²) in [6.07, 6.45) is 3.07. The third kappa shape index (κ3) is 4.12. The first-order valence-corrected chi connectivity index (χ1v) is 11.4. The number of amides is 3. The lowest BCUT2D eigenvalue weighted by atomic mass is 9.93. The van der Waals surface area contributed by atoms with Gasteiger partial charge >= 0.3 is 0 Å². The molecule has 3 amide bonds. The average Bonchev–Trinajstić information content (AvgIpc) is 3.06. The summed E-state index contributed by atoms with van der Waals surface area (Å²) >= 11 is 0. The number of nitrogens with two attached hydrogens (primary N) is 1. The lowest BCUT2D eigenvalue weighted by Gasteiger charge is -2.41. The van der Waals surface area contributed by atoms with Crippen molar-refractivity contribution in [1.82, 2.24) is 20.0 Å². The molecule has 1 aromatic rings. The highest BCUT2D eigenvalue weighted by atomic mass is 16.2. The van der Waals surface area contributed by atoms with E-state index in [1.54, 1.807) is 4.90 Å². The quantitative estimate of drug-likeness (QED) is 0.659. The summed E-state index contributed by atoms with van der Waals surface area (Å²) in [6.45, 7) is 6.65. The van der Waals surface area contributed by atoms with Gasteiger partial charge in [0.1, 0.15) is 6.04 Å². The van der Waals surface area contributed by atoms with Gasteiger partial charge in [0, 0.05) is 50.7 Å². The van der Waals surface area contributed by atoms with Crippen molar-refractivity contribution in [3.05, 3.63) is 34.9 Å². The Morgan fingerprint density at radius 3 is 2.52 bits per heavy atom. The van der Waals surface area contributed by atoms with Crippen LogP contribution in [0.2, 0.25) is 0 Å². The molecule has 166 valence electrons. The van der Waals surface area contributed by atoms with Crippen LogP contribution < -0.4 is 11.1 Å². The topological polar surface area (TPSA) is 99.0 Å². The molecule has 0 saturated carbocycles. The zero-order chi connectivity index (χ0) is 21.5. The van der Waals surface area contributed by atoms with Crippen molar-refractivity contribution in [2.24, 2.45) is 11.7 Å². The maximum absolute atomic E-state index is 13.0. The number of nitrogens with zero attached hydrogens (tertiary/aromatic N) is 3. The van der Waals surface area contributed by atoms with Crippen LogP contribution in [0.25, 0.3) is 0 Å². The van der Waals surface area contributed by atoms with E-state index in [-0.39, 0.29) is 24.1 Å². The van der Waals surface area contributed by atoms with Crippen LogP contribution in [0.5, 0.6) is 0 Å². The number of fused-ring (bicyclic) bond motifs is 1. The summed E-state index contributed by atoms with van der Waals surface area (Å²) in [5, 5.41) is 2.37. The van der Waals surface area contributed by atoms with E-state index in [4.69, 9.17) is 5.73 Å². The summed E-state index contributed by atoms with van der Waals surface area (Å²) in [5.41, 5.74) is 8.80. The first-order valence-electron chi connectivity index (χ1n) is 11.4. The molecular weight excluding hydrogens is 394 g/mol. The number of likely N-dealkylation sites (tertiary alicyclic amines) is 2. The molecule has 4 aliphatic rings. The van der Waals surface area contributed by atoms with Crippen LogP contribution in [0.1, 0.15) is 47.2 Å². The van der Waals surface area contributed by atoms with Gasteiger partial charge < -0.3 is 10.6 Å². The molecule has 0 radical (unpaired) electrons. The molecule has 4 heterocycles. The lowest BCUT2D eigenvalue weighted by Crippen LogP contribution is -2.57. The van der Waals surface area contributed by atoms with E-state index >= 15 is 0 Å². The first kappa shape index (κ1) is 20.6. The highest BCUT2D eigenvalue weighted by Crippen LogP contribution is 2.31. The Morgan fingerprint density at radius 1 is 1.03 bits per heavy atom. The monoisotopic (exact) mass is 425 g/mol. The number of rotatable bonds is 5. The zero-order valence-electron chi connectivity index (χ0n) is 17.9. The van der Waals surface area contributed by atoms with Crippen molar-refractivity contribution in [3.63, 3.8) is 0 Å². The van der Waals surface area contributed by atoms with Crippen LogP contribution in [0, 0.1) is 5.92 Å². The fourth-order valence-corrected chi connectivity index (χ4v) is 5.49. The van der Waals surface area contributed by atoms with E-state index in [9.17, 15) is 14.4 Å². The third-order valence-electron chi connectivity index (χ3n) is 7.28. The molecule has 0 aliphatic carbocycles. The second-order valence-electron chi connectivity index (χ2n) is 9.54. The summed E-state index contributed by atoms with van der Waals surface area (Å²) in [7, 11) is 0. The minimum Gasteiger partial charge on any atom is -0.325 e. The molecule has 0 spiro atoms. The van der Waals surface area contributed by atoms with Crippen molar-refractivity contribution < 1.29 is 14.4 Å². The molecule has 1 aromatic carbocycles. The van der Waals surface area contributed by atoms with Gasteiger partial charge in [0.15, 0.2) is 0 Å². The molecule has 0 bridgehead atoms. The number of imide groups is 1. The van der Waals surface area contributed by atoms with Crippen molar-refractivity contribution in [2.45, 2.75) is 50.9 Å². The van der Waals surface area contributed by atoms with Gasteiger partial charge in [0.2, 0.25) is 11.8 Å². The standard InChI is InChI=1S/C23H31N5O3/c24-17-12-27(13-17)10-15-6-8-26(9-7-15)11-16-2-1-3-18-19(16)14-28(23(18)31)20-4-5-21(29)25-22(20)30/h1-3,15,17,20H,4-14,24H2,(H,25,29,30). The Morgan fingerprint density at radius 2 is 1.81 bits per heavy atom. The lowest BCUT2D eigenvalue weighted by molar-refractivity contribution is -0.136. The Kier molecular flexibility index (Phi) is 5.54.